The molecule has 4 nitrogen and oxygen atoms in total. The van der Waals surface area contributed by atoms with Crippen LogP contribution in [-0.2, 0) is 9.16 Å². The van der Waals surface area contributed by atoms with Gasteiger partial charge in [0, 0.05) is 19.5 Å². The van der Waals surface area contributed by atoms with Crippen LogP contribution in [0.25, 0.3) is 0 Å². The molecule has 0 atom stereocenters. The molecule has 0 aromatic heterocycles. The van der Waals surface area contributed by atoms with Crippen LogP contribution in [0.2, 0.25) is 18.1 Å². The second kappa shape index (κ2) is 6.03. The summed E-state index contributed by atoms with van der Waals surface area (Å²) < 4.78 is 11.7. The van der Waals surface area contributed by atoms with Gasteiger partial charge in [-0.25, -0.2) is 4.79 Å². The molecule has 0 fully saturated rings. The van der Waals surface area contributed by atoms with E-state index in [9.17, 15) is 4.79 Å². The quantitative estimate of drug-likeness (QED) is 0.703. The van der Waals surface area contributed by atoms with Crippen molar-refractivity contribution in [1.29, 1.82) is 0 Å². The number of hydrogen-bond donors (Lipinski definition) is 0. The first kappa shape index (κ1) is 18.1. The Hall–Kier alpha value is -0.973. The maximum absolute atomic E-state index is 12.0. The van der Waals surface area contributed by atoms with Crippen LogP contribution in [-0.4, -0.2) is 38.0 Å². The zero-order valence-corrected chi connectivity index (χ0v) is 15.9. The molecule has 122 valence electrons. The van der Waals surface area contributed by atoms with Gasteiger partial charge in [0.05, 0.1) is 5.76 Å². The van der Waals surface area contributed by atoms with Gasteiger partial charge in [0.2, 0.25) is 8.32 Å². The van der Waals surface area contributed by atoms with Gasteiger partial charge in [-0.1, -0.05) is 20.8 Å². The minimum atomic E-state index is -1.78. The molecule has 1 aliphatic rings. The third-order valence-corrected chi connectivity index (χ3v) is 8.40. The van der Waals surface area contributed by atoms with Crippen molar-refractivity contribution in [1.82, 2.24) is 4.90 Å². The SMILES string of the molecule is CC(C)(C)OC(=O)N1CC=C(O[Si](C)(C)C(C)(C)C)CC1. The Balaban J connectivity index is 2.61. The lowest BCUT2D eigenvalue weighted by molar-refractivity contribution is 0.0258. The smallest absolute Gasteiger partial charge is 0.410 e. The molecular formula is C16H31NO3Si. The molecule has 0 unspecified atom stereocenters. The van der Waals surface area contributed by atoms with Crippen molar-refractivity contribution in [3.63, 3.8) is 0 Å². The van der Waals surface area contributed by atoms with Gasteiger partial charge in [-0.3, -0.25) is 0 Å². The number of amides is 1. The van der Waals surface area contributed by atoms with Crippen LogP contribution in [0.1, 0.15) is 48.0 Å². The van der Waals surface area contributed by atoms with E-state index in [1.165, 1.54) is 0 Å². The zero-order valence-electron chi connectivity index (χ0n) is 14.9. The van der Waals surface area contributed by atoms with Gasteiger partial charge in [0.25, 0.3) is 0 Å². The van der Waals surface area contributed by atoms with E-state index in [4.69, 9.17) is 9.16 Å². The summed E-state index contributed by atoms with van der Waals surface area (Å²) in [6.45, 7) is 18.1. The maximum Gasteiger partial charge on any atom is 0.410 e. The van der Waals surface area contributed by atoms with E-state index in [2.05, 4.69) is 33.9 Å². The average molecular weight is 314 g/mol. The van der Waals surface area contributed by atoms with Crippen LogP contribution >= 0.6 is 0 Å². The fraction of sp³-hybridized carbons (Fsp3) is 0.812. The first-order valence-electron chi connectivity index (χ1n) is 7.68. The fourth-order valence-corrected chi connectivity index (χ4v) is 2.86. The van der Waals surface area contributed by atoms with Gasteiger partial charge in [-0.2, -0.15) is 0 Å². The van der Waals surface area contributed by atoms with Crippen LogP contribution in [0.5, 0.6) is 0 Å². The van der Waals surface area contributed by atoms with Crippen LogP contribution in [0.4, 0.5) is 4.79 Å². The molecule has 1 amide bonds. The summed E-state index contributed by atoms with van der Waals surface area (Å²) in [6, 6.07) is 0. The summed E-state index contributed by atoms with van der Waals surface area (Å²) in [5, 5.41) is 0.191. The van der Waals surface area contributed by atoms with E-state index in [0.29, 0.717) is 13.1 Å². The summed E-state index contributed by atoms with van der Waals surface area (Å²) in [4.78, 5) is 13.7. The highest BCUT2D eigenvalue weighted by atomic mass is 28.4. The molecule has 0 radical (unpaired) electrons. The highest BCUT2D eigenvalue weighted by Gasteiger charge is 2.39. The highest BCUT2D eigenvalue weighted by molar-refractivity contribution is 6.74. The highest BCUT2D eigenvalue weighted by Crippen LogP contribution is 2.38. The molecule has 5 heteroatoms. The van der Waals surface area contributed by atoms with E-state index >= 15 is 0 Å². The number of ether oxygens (including phenoxy) is 1. The number of hydrogen-bond acceptors (Lipinski definition) is 3. The summed E-state index contributed by atoms with van der Waals surface area (Å²) >= 11 is 0. The van der Waals surface area contributed by atoms with Gasteiger partial charge in [-0.15, -0.1) is 0 Å². The topological polar surface area (TPSA) is 38.8 Å². The van der Waals surface area contributed by atoms with Crippen molar-refractivity contribution >= 4 is 14.4 Å². The third-order valence-electron chi connectivity index (χ3n) is 4.01. The number of carbonyl (C=O) groups is 1. The van der Waals surface area contributed by atoms with Crippen LogP contribution in [0.15, 0.2) is 11.8 Å². The van der Waals surface area contributed by atoms with Gasteiger partial charge >= 0.3 is 6.09 Å². The number of nitrogens with zero attached hydrogens (tertiary/aromatic N) is 1. The Bertz CT molecular complexity index is 416. The predicted octanol–water partition coefficient (Wildman–Crippen LogP) is 4.53. The lowest BCUT2D eigenvalue weighted by Crippen LogP contribution is -2.43. The van der Waals surface area contributed by atoms with Gasteiger partial charge in [-0.05, 0) is 45.0 Å². The second-order valence-electron chi connectivity index (χ2n) is 8.21. The monoisotopic (exact) mass is 313 g/mol. The summed E-state index contributed by atoms with van der Waals surface area (Å²) in [5.74, 6) is 1.03. The van der Waals surface area contributed by atoms with Crippen LogP contribution in [0.3, 0.4) is 0 Å². The predicted molar refractivity (Wildman–Crippen MR) is 88.8 cm³/mol. The van der Waals surface area contributed by atoms with Crippen molar-refractivity contribution in [3.8, 4) is 0 Å². The summed E-state index contributed by atoms with van der Waals surface area (Å²) in [7, 11) is -1.78. The molecule has 0 aromatic carbocycles. The molecular weight excluding hydrogens is 282 g/mol. The molecule has 1 rings (SSSR count). The van der Waals surface area contributed by atoms with Crippen LogP contribution < -0.4 is 0 Å². The van der Waals surface area contributed by atoms with Gasteiger partial charge in [0.15, 0.2) is 0 Å². The Morgan fingerprint density at radius 3 is 2.14 bits per heavy atom. The normalized spacial score (nSPS) is 17.3. The number of carbonyl (C=O) groups excluding carboxylic acids is 1. The van der Waals surface area contributed by atoms with Crippen molar-refractivity contribution in [2.45, 2.75) is 71.7 Å². The Morgan fingerprint density at radius 2 is 1.76 bits per heavy atom. The summed E-state index contributed by atoms with van der Waals surface area (Å²) in [6.07, 6.45) is 2.55. The molecule has 0 saturated carbocycles. The molecule has 21 heavy (non-hydrogen) atoms. The minimum Gasteiger partial charge on any atom is -0.547 e. The first-order chi connectivity index (χ1) is 9.32. The van der Waals surface area contributed by atoms with E-state index in [1.54, 1.807) is 4.90 Å². The second-order valence-corrected chi connectivity index (χ2v) is 12.9. The van der Waals surface area contributed by atoms with E-state index in [-0.39, 0.29) is 11.1 Å². The Morgan fingerprint density at radius 1 is 1.19 bits per heavy atom. The standard InChI is InChI=1S/C16H31NO3Si/c1-15(2,3)19-14(18)17-11-9-13(10-12-17)20-21(7,8)16(4,5)6/h9H,10-12H2,1-8H3. The lowest BCUT2D eigenvalue weighted by Gasteiger charge is -2.39. The minimum absolute atomic E-state index is 0.191. The Kier molecular flexibility index (Phi) is 5.19. The molecule has 1 heterocycles. The molecule has 1 aliphatic heterocycles. The van der Waals surface area contributed by atoms with Gasteiger partial charge < -0.3 is 14.1 Å². The molecule has 0 spiro atoms. The number of rotatable bonds is 2. The van der Waals surface area contributed by atoms with Crippen LogP contribution in [0, 0.1) is 0 Å². The molecule has 0 bridgehead atoms. The summed E-state index contributed by atoms with van der Waals surface area (Å²) in [5.41, 5.74) is -0.446. The zero-order chi connectivity index (χ0) is 16.5. The fourth-order valence-electron chi connectivity index (χ4n) is 1.72. The average Bonchev–Trinajstić information content (AvgIpc) is 2.25. The third kappa shape index (κ3) is 5.38. The Labute approximate surface area is 130 Å². The van der Waals surface area contributed by atoms with E-state index < -0.39 is 13.9 Å². The lowest BCUT2D eigenvalue weighted by atomic mass is 10.2. The van der Waals surface area contributed by atoms with E-state index in [1.807, 2.05) is 26.8 Å². The van der Waals surface area contributed by atoms with Crippen molar-refractivity contribution in [3.05, 3.63) is 11.8 Å². The maximum atomic E-state index is 12.0. The largest absolute Gasteiger partial charge is 0.547 e. The van der Waals surface area contributed by atoms with E-state index in [0.717, 1.165) is 12.2 Å². The van der Waals surface area contributed by atoms with Gasteiger partial charge in [0.1, 0.15) is 5.60 Å². The van der Waals surface area contributed by atoms with Crippen molar-refractivity contribution in [2.24, 2.45) is 0 Å². The molecule has 0 saturated heterocycles. The molecule has 0 N–H and O–H groups in total. The van der Waals surface area contributed by atoms with Crippen molar-refractivity contribution in [2.75, 3.05) is 13.1 Å². The molecule has 0 aliphatic carbocycles. The van der Waals surface area contributed by atoms with Crippen molar-refractivity contribution < 1.29 is 14.0 Å². The molecule has 0 aromatic rings. The first-order valence-corrected chi connectivity index (χ1v) is 10.6.